The second-order valence-corrected chi connectivity index (χ2v) is 10.5. The lowest BCUT2D eigenvalue weighted by Gasteiger charge is -2.28. The first-order valence-corrected chi connectivity index (χ1v) is 14.3. The van der Waals surface area contributed by atoms with Crippen molar-refractivity contribution in [2.24, 2.45) is 23.3 Å². The number of carboxylic acids is 1. The molecule has 6 atom stereocenters. The van der Waals surface area contributed by atoms with Gasteiger partial charge in [0.2, 0.25) is 23.6 Å². The molecule has 0 fully saturated rings. The largest absolute Gasteiger partial charge is 0.480 e. The molecule has 230 valence electrons. The molecular formula is C29H48N6O6. The molecule has 0 aliphatic carbocycles. The number of benzene rings is 1. The van der Waals surface area contributed by atoms with Crippen molar-refractivity contribution in [2.75, 3.05) is 13.1 Å². The molecule has 1 rings (SSSR count). The van der Waals surface area contributed by atoms with Gasteiger partial charge in [-0.2, -0.15) is 0 Å². The monoisotopic (exact) mass is 576 g/mol. The Morgan fingerprint density at radius 1 is 0.829 bits per heavy atom. The van der Waals surface area contributed by atoms with Gasteiger partial charge in [0.15, 0.2) is 0 Å². The summed E-state index contributed by atoms with van der Waals surface area (Å²) in [6.07, 6.45) is 2.73. The number of rotatable bonds is 19. The summed E-state index contributed by atoms with van der Waals surface area (Å²) in [6, 6.07) is 4.93. The molecule has 0 spiro atoms. The lowest BCUT2D eigenvalue weighted by atomic mass is 9.96. The van der Waals surface area contributed by atoms with Crippen LogP contribution in [0.15, 0.2) is 30.3 Å². The molecule has 0 heterocycles. The third-order valence-electron chi connectivity index (χ3n) is 7.27. The predicted octanol–water partition coefficient (Wildman–Crippen LogP) is 0.433. The van der Waals surface area contributed by atoms with E-state index in [1.807, 2.05) is 26.8 Å². The van der Waals surface area contributed by atoms with Crippen LogP contribution in [0.3, 0.4) is 0 Å². The molecule has 9 N–H and O–H groups in total. The van der Waals surface area contributed by atoms with Gasteiger partial charge >= 0.3 is 5.97 Å². The Morgan fingerprint density at radius 2 is 1.46 bits per heavy atom. The first kappa shape index (κ1) is 35.5. The molecule has 0 bridgehead atoms. The predicted molar refractivity (Wildman–Crippen MR) is 156 cm³/mol. The normalized spacial score (nSPS) is 15.4. The molecule has 0 aliphatic rings. The molecule has 1 aromatic carbocycles. The Balaban J connectivity index is 2.96. The van der Waals surface area contributed by atoms with Gasteiger partial charge in [-0.25, -0.2) is 4.79 Å². The molecule has 0 saturated heterocycles. The van der Waals surface area contributed by atoms with Crippen molar-refractivity contribution in [3.8, 4) is 0 Å². The topological polar surface area (TPSA) is 206 Å². The maximum absolute atomic E-state index is 13.3. The van der Waals surface area contributed by atoms with Crippen molar-refractivity contribution in [1.82, 2.24) is 21.3 Å². The highest BCUT2D eigenvalue weighted by atomic mass is 16.4. The standard InChI is InChI=1S/C29H48N6O6/c1-5-18(3)24(31)27(38)32-17-23(36)33-21(14-10-11-15-30)26(37)35-25(19(4)6-2)28(39)34-22(29(40)41)16-20-12-8-7-9-13-20/h7-9,12-13,18-19,21-22,24-25H,5-6,10-11,14-17,30-31H2,1-4H3,(H,32,38)(H,33,36)(H,34,39)(H,35,37)(H,40,41)/t18-,19-,21-,22-,24-,25-/m0/s1. The number of amides is 4. The van der Waals surface area contributed by atoms with E-state index in [1.165, 1.54) is 0 Å². The van der Waals surface area contributed by atoms with Gasteiger partial charge in [0.1, 0.15) is 18.1 Å². The van der Waals surface area contributed by atoms with Crippen LogP contribution < -0.4 is 32.7 Å². The fourth-order valence-electron chi connectivity index (χ4n) is 4.07. The van der Waals surface area contributed by atoms with Gasteiger partial charge < -0.3 is 37.8 Å². The van der Waals surface area contributed by atoms with E-state index in [-0.39, 0.29) is 31.2 Å². The van der Waals surface area contributed by atoms with Crippen molar-refractivity contribution in [3.05, 3.63) is 35.9 Å². The summed E-state index contributed by atoms with van der Waals surface area (Å²) < 4.78 is 0. The summed E-state index contributed by atoms with van der Waals surface area (Å²) in [5.74, 6) is -3.85. The zero-order chi connectivity index (χ0) is 30.9. The molecule has 41 heavy (non-hydrogen) atoms. The lowest BCUT2D eigenvalue weighted by molar-refractivity contribution is -0.142. The van der Waals surface area contributed by atoms with Gasteiger partial charge in [-0.3, -0.25) is 19.2 Å². The van der Waals surface area contributed by atoms with Crippen LogP contribution in [0.4, 0.5) is 0 Å². The molecule has 0 aliphatic heterocycles. The molecule has 12 heteroatoms. The Labute approximate surface area is 242 Å². The average Bonchev–Trinajstić information content (AvgIpc) is 2.96. The quantitative estimate of drug-likeness (QED) is 0.115. The highest BCUT2D eigenvalue weighted by Gasteiger charge is 2.32. The van der Waals surface area contributed by atoms with Crippen molar-refractivity contribution < 1.29 is 29.1 Å². The van der Waals surface area contributed by atoms with E-state index in [9.17, 15) is 29.1 Å². The first-order valence-electron chi connectivity index (χ1n) is 14.3. The van der Waals surface area contributed by atoms with E-state index in [4.69, 9.17) is 11.5 Å². The number of unbranched alkanes of at least 4 members (excludes halogenated alkanes) is 1. The van der Waals surface area contributed by atoms with Gasteiger partial charge in [-0.15, -0.1) is 0 Å². The van der Waals surface area contributed by atoms with Gasteiger partial charge in [0.25, 0.3) is 0 Å². The first-order chi connectivity index (χ1) is 19.4. The number of nitrogens with two attached hydrogens (primary N) is 2. The highest BCUT2D eigenvalue weighted by molar-refractivity contribution is 5.94. The van der Waals surface area contributed by atoms with Crippen LogP contribution in [0.1, 0.15) is 65.4 Å². The molecule has 4 amide bonds. The van der Waals surface area contributed by atoms with E-state index in [0.29, 0.717) is 32.2 Å². The van der Waals surface area contributed by atoms with Crippen molar-refractivity contribution in [3.63, 3.8) is 0 Å². The van der Waals surface area contributed by atoms with Crippen molar-refractivity contribution in [1.29, 1.82) is 0 Å². The number of carbonyl (C=O) groups excluding carboxylic acids is 4. The molecule has 0 saturated carbocycles. The molecule has 1 aromatic rings. The van der Waals surface area contributed by atoms with Crippen LogP contribution >= 0.6 is 0 Å². The van der Waals surface area contributed by atoms with Crippen LogP contribution in [-0.4, -0.2) is 72.0 Å². The number of hydrogen-bond acceptors (Lipinski definition) is 7. The van der Waals surface area contributed by atoms with Gasteiger partial charge in [0.05, 0.1) is 12.6 Å². The van der Waals surface area contributed by atoms with Crippen molar-refractivity contribution in [2.45, 2.75) is 90.4 Å². The summed E-state index contributed by atoms with van der Waals surface area (Å²) in [4.78, 5) is 63.4. The second-order valence-electron chi connectivity index (χ2n) is 10.5. The average molecular weight is 577 g/mol. The van der Waals surface area contributed by atoms with E-state index >= 15 is 0 Å². The van der Waals surface area contributed by atoms with E-state index in [1.54, 1.807) is 31.2 Å². The Kier molecular flexibility index (Phi) is 16.3. The maximum Gasteiger partial charge on any atom is 0.326 e. The summed E-state index contributed by atoms with van der Waals surface area (Å²) in [5.41, 5.74) is 12.2. The van der Waals surface area contributed by atoms with Crippen molar-refractivity contribution >= 4 is 29.6 Å². The molecule has 0 radical (unpaired) electrons. The number of hydrogen-bond donors (Lipinski definition) is 7. The Morgan fingerprint density at radius 3 is 2.02 bits per heavy atom. The minimum Gasteiger partial charge on any atom is -0.480 e. The van der Waals surface area contributed by atoms with E-state index in [2.05, 4.69) is 21.3 Å². The molecular weight excluding hydrogens is 528 g/mol. The van der Waals surface area contributed by atoms with Crippen LogP contribution in [0, 0.1) is 11.8 Å². The minimum atomic E-state index is -1.20. The van der Waals surface area contributed by atoms with Crippen LogP contribution in [-0.2, 0) is 30.4 Å². The zero-order valence-electron chi connectivity index (χ0n) is 24.7. The maximum atomic E-state index is 13.3. The third-order valence-corrected chi connectivity index (χ3v) is 7.27. The van der Waals surface area contributed by atoms with E-state index < -0.39 is 53.8 Å². The zero-order valence-corrected chi connectivity index (χ0v) is 24.7. The molecule has 0 unspecified atom stereocenters. The minimum absolute atomic E-state index is 0.0649. The van der Waals surface area contributed by atoms with Gasteiger partial charge in [-0.05, 0) is 43.2 Å². The van der Waals surface area contributed by atoms with Gasteiger partial charge in [0, 0.05) is 6.42 Å². The number of nitrogens with one attached hydrogen (secondary N) is 4. The van der Waals surface area contributed by atoms with Crippen LogP contribution in [0.5, 0.6) is 0 Å². The van der Waals surface area contributed by atoms with Gasteiger partial charge in [-0.1, -0.05) is 70.9 Å². The fourth-order valence-corrected chi connectivity index (χ4v) is 4.07. The Bertz CT molecular complexity index is 991. The lowest BCUT2D eigenvalue weighted by Crippen LogP contribution is -2.58. The number of carbonyl (C=O) groups is 5. The SMILES string of the molecule is CC[C@H](C)[C@H](N)C(=O)NCC(=O)N[C@@H](CCCCN)C(=O)N[C@H](C(=O)N[C@@H](Cc1ccccc1)C(=O)O)[C@@H](C)CC. The fraction of sp³-hybridized carbons (Fsp3) is 0.621. The summed E-state index contributed by atoms with van der Waals surface area (Å²) in [6.45, 7) is 7.42. The number of aliphatic carboxylic acids is 1. The van der Waals surface area contributed by atoms with Crippen LogP contribution in [0.25, 0.3) is 0 Å². The smallest absolute Gasteiger partial charge is 0.326 e. The van der Waals surface area contributed by atoms with Crippen LogP contribution in [0.2, 0.25) is 0 Å². The second kappa shape index (κ2) is 18.8. The highest BCUT2D eigenvalue weighted by Crippen LogP contribution is 2.12. The summed E-state index contributed by atoms with van der Waals surface area (Å²) in [5, 5.41) is 20.1. The summed E-state index contributed by atoms with van der Waals surface area (Å²) >= 11 is 0. The van der Waals surface area contributed by atoms with E-state index in [0.717, 1.165) is 5.56 Å². The Hall–Kier alpha value is -3.51. The third kappa shape index (κ3) is 12.7. The summed E-state index contributed by atoms with van der Waals surface area (Å²) in [7, 11) is 0. The molecule has 12 nitrogen and oxygen atoms in total. The number of carboxylic acid groups (broad SMARTS) is 1. The molecule has 0 aromatic heterocycles.